The zero-order valence-electron chi connectivity index (χ0n) is 8.66. The zero-order valence-corrected chi connectivity index (χ0v) is 9.47. The van der Waals surface area contributed by atoms with Gasteiger partial charge in [0.15, 0.2) is 5.69 Å². The second kappa shape index (κ2) is 4.61. The van der Waals surface area contributed by atoms with Crippen molar-refractivity contribution in [3.63, 3.8) is 0 Å². The Morgan fingerprint density at radius 2 is 2.53 bits per heavy atom. The minimum absolute atomic E-state index is 0.336. The molecule has 1 saturated carbocycles. The Morgan fingerprint density at radius 3 is 3.20 bits per heavy atom. The lowest BCUT2D eigenvalue weighted by Crippen LogP contribution is -2.10. The van der Waals surface area contributed by atoms with E-state index in [1.165, 1.54) is 24.2 Å². The highest BCUT2D eigenvalue weighted by Crippen LogP contribution is 2.30. The van der Waals surface area contributed by atoms with Gasteiger partial charge in [-0.05, 0) is 25.7 Å². The fraction of sp³-hybridized carbons (Fsp3) is 0.600. The van der Waals surface area contributed by atoms with Crippen LogP contribution in [0.5, 0.6) is 0 Å². The van der Waals surface area contributed by atoms with Gasteiger partial charge in [-0.1, -0.05) is 0 Å². The SMILES string of the molecule is CCOC(=O)c1ncsc1NCC1CC1. The van der Waals surface area contributed by atoms with Crippen LogP contribution in [0.4, 0.5) is 5.00 Å². The molecule has 0 atom stereocenters. The van der Waals surface area contributed by atoms with Crippen molar-refractivity contribution in [3.8, 4) is 0 Å². The number of carbonyl (C=O) groups excluding carboxylic acids is 1. The van der Waals surface area contributed by atoms with Gasteiger partial charge < -0.3 is 10.1 Å². The molecule has 0 spiro atoms. The molecule has 0 radical (unpaired) electrons. The van der Waals surface area contributed by atoms with Gasteiger partial charge in [0.2, 0.25) is 0 Å². The van der Waals surface area contributed by atoms with E-state index in [1.807, 2.05) is 0 Å². The summed E-state index contributed by atoms with van der Waals surface area (Å²) in [6.45, 7) is 3.12. The van der Waals surface area contributed by atoms with Crippen molar-refractivity contribution in [2.24, 2.45) is 5.92 Å². The van der Waals surface area contributed by atoms with Gasteiger partial charge >= 0.3 is 5.97 Å². The van der Waals surface area contributed by atoms with E-state index in [0.717, 1.165) is 17.5 Å². The number of carbonyl (C=O) groups is 1. The first kappa shape index (κ1) is 10.4. The molecule has 82 valence electrons. The predicted octanol–water partition coefficient (Wildman–Crippen LogP) is 2.14. The lowest BCUT2D eigenvalue weighted by Gasteiger charge is -2.04. The van der Waals surface area contributed by atoms with Crippen LogP contribution in [0.3, 0.4) is 0 Å². The Kier molecular flexibility index (Phi) is 3.20. The van der Waals surface area contributed by atoms with Gasteiger partial charge in [0.05, 0.1) is 12.1 Å². The van der Waals surface area contributed by atoms with E-state index in [1.54, 1.807) is 12.4 Å². The molecule has 4 nitrogen and oxygen atoms in total. The van der Waals surface area contributed by atoms with E-state index >= 15 is 0 Å². The number of rotatable bonds is 5. The number of esters is 1. The third-order valence-electron chi connectivity index (χ3n) is 2.28. The number of thiazole rings is 1. The van der Waals surface area contributed by atoms with Crippen LogP contribution in [-0.4, -0.2) is 24.1 Å². The van der Waals surface area contributed by atoms with Crippen LogP contribution in [0.2, 0.25) is 0 Å². The third-order valence-corrected chi connectivity index (χ3v) is 3.07. The van der Waals surface area contributed by atoms with Crippen molar-refractivity contribution in [1.82, 2.24) is 4.98 Å². The van der Waals surface area contributed by atoms with Crippen molar-refractivity contribution in [2.45, 2.75) is 19.8 Å². The summed E-state index contributed by atoms with van der Waals surface area (Å²) in [7, 11) is 0. The summed E-state index contributed by atoms with van der Waals surface area (Å²) < 4.78 is 4.91. The average molecular weight is 226 g/mol. The van der Waals surface area contributed by atoms with Gasteiger partial charge in [0, 0.05) is 6.54 Å². The number of hydrogen-bond donors (Lipinski definition) is 1. The van der Waals surface area contributed by atoms with E-state index in [-0.39, 0.29) is 5.97 Å². The van der Waals surface area contributed by atoms with E-state index in [9.17, 15) is 4.79 Å². The highest BCUT2D eigenvalue weighted by atomic mass is 32.1. The molecule has 15 heavy (non-hydrogen) atoms. The molecule has 1 fully saturated rings. The first-order chi connectivity index (χ1) is 7.31. The van der Waals surface area contributed by atoms with Gasteiger partial charge in [0.25, 0.3) is 0 Å². The van der Waals surface area contributed by atoms with E-state index in [4.69, 9.17) is 4.74 Å². The highest BCUT2D eigenvalue weighted by molar-refractivity contribution is 7.14. The van der Waals surface area contributed by atoms with Gasteiger partial charge in [-0.25, -0.2) is 9.78 Å². The Hall–Kier alpha value is -1.10. The van der Waals surface area contributed by atoms with Crippen LogP contribution in [0.15, 0.2) is 5.51 Å². The average Bonchev–Trinajstić information content (AvgIpc) is 2.93. The summed E-state index contributed by atoms with van der Waals surface area (Å²) >= 11 is 1.45. The normalized spacial score (nSPS) is 15.0. The maximum Gasteiger partial charge on any atom is 0.360 e. The third kappa shape index (κ3) is 2.68. The minimum Gasteiger partial charge on any atom is -0.461 e. The molecular formula is C10H14N2O2S. The summed E-state index contributed by atoms with van der Waals surface area (Å²) in [5, 5.41) is 4.08. The fourth-order valence-corrected chi connectivity index (χ4v) is 1.95. The summed E-state index contributed by atoms with van der Waals surface area (Å²) in [5.41, 5.74) is 2.09. The lowest BCUT2D eigenvalue weighted by molar-refractivity contribution is 0.0521. The molecule has 0 saturated heterocycles. The standard InChI is InChI=1S/C10H14N2O2S/c1-2-14-10(13)8-9(15-6-12-8)11-5-7-3-4-7/h6-7,11H,2-5H2,1H3. The largest absolute Gasteiger partial charge is 0.461 e. The molecule has 5 heteroatoms. The fourth-order valence-electron chi connectivity index (χ4n) is 1.28. The Balaban J connectivity index is 1.96. The topological polar surface area (TPSA) is 51.2 Å². The molecule has 1 aliphatic rings. The number of nitrogens with one attached hydrogen (secondary N) is 1. The molecule has 0 aliphatic heterocycles. The Labute approximate surface area is 92.7 Å². The monoisotopic (exact) mass is 226 g/mol. The number of ether oxygens (including phenoxy) is 1. The number of anilines is 1. The summed E-state index contributed by atoms with van der Waals surface area (Å²) in [4.78, 5) is 15.5. The molecule has 0 unspecified atom stereocenters. The number of aromatic nitrogens is 1. The van der Waals surface area contributed by atoms with E-state index in [2.05, 4.69) is 10.3 Å². The van der Waals surface area contributed by atoms with Crippen molar-refractivity contribution in [1.29, 1.82) is 0 Å². The molecule has 1 aromatic rings. The van der Waals surface area contributed by atoms with Crippen molar-refractivity contribution < 1.29 is 9.53 Å². The van der Waals surface area contributed by atoms with Crippen molar-refractivity contribution in [3.05, 3.63) is 11.2 Å². The summed E-state index contributed by atoms with van der Waals surface area (Å²) in [6.07, 6.45) is 2.58. The second-order valence-electron chi connectivity index (χ2n) is 3.57. The van der Waals surface area contributed by atoms with Gasteiger partial charge in [-0.3, -0.25) is 0 Å². The van der Waals surface area contributed by atoms with E-state index in [0.29, 0.717) is 12.3 Å². The zero-order chi connectivity index (χ0) is 10.7. The van der Waals surface area contributed by atoms with Crippen LogP contribution in [0.1, 0.15) is 30.3 Å². The minimum atomic E-state index is -0.336. The maximum absolute atomic E-state index is 11.5. The van der Waals surface area contributed by atoms with Crippen LogP contribution in [-0.2, 0) is 4.74 Å². The van der Waals surface area contributed by atoms with Gasteiger partial charge in [-0.2, -0.15) is 0 Å². The quantitative estimate of drug-likeness (QED) is 0.781. The predicted molar refractivity (Wildman–Crippen MR) is 59.3 cm³/mol. The van der Waals surface area contributed by atoms with Gasteiger partial charge in [0.1, 0.15) is 5.00 Å². The van der Waals surface area contributed by atoms with Crippen LogP contribution < -0.4 is 5.32 Å². The van der Waals surface area contributed by atoms with Crippen LogP contribution in [0, 0.1) is 5.92 Å². The van der Waals surface area contributed by atoms with Crippen LogP contribution in [0.25, 0.3) is 0 Å². The lowest BCUT2D eigenvalue weighted by atomic mass is 10.4. The highest BCUT2D eigenvalue weighted by Gasteiger charge is 2.22. The molecule has 1 aliphatic carbocycles. The first-order valence-corrected chi connectivity index (χ1v) is 6.03. The molecule has 1 N–H and O–H groups in total. The number of hydrogen-bond acceptors (Lipinski definition) is 5. The number of nitrogens with zero attached hydrogens (tertiary/aromatic N) is 1. The molecule has 0 amide bonds. The first-order valence-electron chi connectivity index (χ1n) is 5.15. The molecule has 0 bridgehead atoms. The Bertz CT molecular complexity index is 347. The Morgan fingerprint density at radius 1 is 1.73 bits per heavy atom. The molecule has 2 rings (SSSR count). The smallest absolute Gasteiger partial charge is 0.360 e. The molecule has 1 aromatic heterocycles. The van der Waals surface area contributed by atoms with Gasteiger partial charge in [-0.15, -0.1) is 11.3 Å². The summed E-state index contributed by atoms with van der Waals surface area (Å²) in [6, 6.07) is 0. The van der Waals surface area contributed by atoms with Crippen molar-refractivity contribution >= 4 is 22.3 Å². The molecule has 1 heterocycles. The molecular weight excluding hydrogens is 212 g/mol. The summed E-state index contributed by atoms with van der Waals surface area (Å²) in [5.74, 6) is 0.444. The second-order valence-corrected chi connectivity index (χ2v) is 4.43. The maximum atomic E-state index is 11.5. The molecule has 0 aromatic carbocycles. The van der Waals surface area contributed by atoms with Crippen LogP contribution >= 0.6 is 11.3 Å². The van der Waals surface area contributed by atoms with Crippen molar-refractivity contribution in [2.75, 3.05) is 18.5 Å². The van der Waals surface area contributed by atoms with E-state index < -0.39 is 0 Å².